The molecule has 3 heterocycles. The Morgan fingerprint density at radius 2 is 1.11 bits per heavy atom. The fourth-order valence-electron chi connectivity index (χ4n) is 2.46. The maximum atomic E-state index is 12.8. The van der Waals surface area contributed by atoms with Crippen LogP contribution < -0.4 is 0 Å². The number of benzene rings is 1. The third-order valence-electron chi connectivity index (χ3n) is 3.79. The third kappa shape index (κ3) is 14.3. The summed E-state index contributed by atoms with van der Waals surface area (Å²) in [5.74, 6) is -0.358. The van der Waals surface area contributed by atoms with E-state index in [-0.39, 0.29) is 25.9 Å². The monoisotopic (exact) mass is 694 g/mol. The van der Waals surface area contributed by atoms with E-state index in [4.69, 9.17) is 0 Å². The Labute approximate surface area is 211 Å². The summed E-state index contributed by atoms with van der Waals surface area (Å²) in [6.07, 6.45) is 5.30. The van der Waals surface area contributed by atoms with Crippen molar-refractivity contribution < 1.29 is 49.7 Å². The van der Waals surface area contributed by atoms with Crippen molar-refractivity contribution in [2.75, 3.05) is 0 Å². The summed E-state index contributed by atoms with van der Waals surface area (Å²) in [6, 6.07) is 21.0. The van der Waals surface area contributed by atoms with Crippen molar-refractivity contribution in [3.05, 3.63) is 102 Å². The van der Waals surface area contributed by atoms with Crippen molar-refractivity contribution in [2.45, 2.75) is 13.8 Å². The summed E-state index contributed by atoms with van der Waals surface area (Å²) in [5, 5.41) is 0. The number of aryl methyl sites for hydroxylation is 2. The molecule has 0 saturated heterocycles. The van der Waals surface area contributed by atoms with Crippen LogP contribution in [0.25, 0.3) is 22.6 Å². The van der Waals surface area contributed by atoms with Gasteiger partial charge in [-0.05, 0) is 61.0 Å². The van der Waals surface area contributed by atoms with Crippen LogP contribution in [-0.4, -0.2) is 15.0 Å². The van der Waals surface area contributed by atoms with Crippen molar-refractivity contribution in [3.63, 3.8) is 0 Å². The van der Waals surface area contributed by atoms with Gasteiger partial charge in [-0.3, -0.25) is 9.97 Å². The molecule has 0 spiro atoms. The van der Waals surface area contributed by atoms with Crippen LogP contribution in [0.2, 0.25) is 0 Å². The molecule has 35 heavy (non-hydrogen) atoms. The molecule has 0 aliphatic rings. The number of pyridine rings is 3. The number of hydrogen-bond acceptors (Lipinski definition) is 3. The summed E-state index contributed by atoms with van der Waals surface area (Å²) in [5.41, 5.74) is 5.71. The van der Waals surface area contributed by atoms with Crippen LogP contribution in [0.1, 0.15) is 11.1 Å². The average molecular weight is 694 g/mol. The molecule has 0 amide bonds. The van der Waals surface area contributed by atoms with Gasteiger partial charge >= 0.3 is 33.0 Å². The van der Waals surface area contributed by atoms with Gasteiger partial charge in [0.15, 0.2) is 0 Å². The van der Waals surface area contributed by atoms with E-state index in [0.29, 0.717) is 5.56 Å². The minimum Gasteiger partial charge on any atom is -0.305 e. The molecule has 0 saturated carbocycles. The molecule has 0 bridgehead atoms. The van der Waals surface area contributed by atoms with Crippen LogP contribution in [0.3, 0.4) is 0 Å². The molecule has 4 aromatic rings. The molecule has 3 aromatic heterocycles. The van der Waals surface area contributed by atoms with Crippen molar-refractivity contribution >= 4 is 7.81 Å². The Bertz CT molecular complexity index is 1180. The third-order valence-corrected chi connectivity index (χ3v) is 3.79. The van der Waals surface area contributed by atoms with Crippen LogP contribution in [0, 0.1) is 25.7 Å². The molecular weight excluding hydrogens is 674 g/mol. The van der Waals surface area contributed by atoms with Crippen LogP contribution >= 0.6 is 7.81 Å². The summed E-state index contributed by atoms with van der Waals surface area (Å²) in [6.45, 7) is 4.11. The summed E-state index contributed by atoms with van der Waals surface area (Å²) in [4.78, 5) is 12.7. The quantitative estimate of drug-likeness (QED) is 0.120. The second kappa shape index (κ2) is 11.3. The van der Waals surface area contributed by atoms with Crippen molar-refractivity contribution in [1.29, 1.82) is 0 Å². The molecule has 0 atom stereocenters. The Kier molecular flexibility index (Phi) is 9.81. The minimum absolute atomic E-state index is 0. The molecule has 1 radical (unpaired) electrons. The topological polar surface area (TPSA) is 38.7 Å². The number of hydrogen-bond donors (Lipinski definition) is 0. The number of halogens is 7. The SMILES string of the molecule is Cc1ccnc(-c2cc(C)ccn2)c1.F[P-](F)(F)(F)(F)F.Fc1[c-]c(-c2ccccn2)ccc1.[Ir]. The van der Waals surface area contributed by atoms with E-state index >= 15 is 0 Å². The van der Waals surface area contributed by atoms with Gasteiger partial charge in [-0.1, -0.05) is 12.1 Å². The molecule has 1 aromatic carbocycles. The van der Waals surface area contributed by atoms with Gasteiger partial charge in [0.2, 0.25) is 0 Å². The Morgan fingerprint density at radius 1 is 0.629 bits per heavy atom. The number of rotatable bonds is 2. The van der Waals surface area contributed by atoms with E-state index in [1.165, 1.54) is 17.2 Å². The molecule has 0 aliphatic carbocycles. The van der Waals surface area contributed by atoms with Crippen LogP contribution in [-0.2, 0) is 20.1 Å². The van der Waals surface area contributed by atoms with Gasteiger partial charge in [0.25, 0.3) is 0 Å². The van der Waals surface area contributed by atoms with E-state index < -0.39 is 7.81 Å². The number of aromatic nitrogens is 3. The van der Waals surface area contributed by atoms with Gasteiger partial charge in [-0.2, -0.15) is 0 Å². The second-order valence-electron chi connectivity index (χ2n) is 7.02. The first kappa shape index (κ1) is 30.3. The maximum absolute atomic E-state index is 12.8. The molecule has 3 nitrogen and oxygen atoms in total. The van der Waals surface area contributed by atoms with E-state index in [2.05, 4.69) is 34.9 Å². The van der Waals surface area contributed by atoms with Crippen molar-refractivity contribution in [2.24, 2.45) is 0 Å². The Balaban J connectivity index is 0.000000274. The molecule has 191 valence electrons. The normalized spacial score (nSPS) is 12.4. The fourth-order valence-corrected chi connectivity index (χ4v) is 2.46. The fraction of sp³-hybridized carbons (Fsp3) is 0.0870. The first-order valence-corrected chi connectivity index (χ1v) is 11.6. The predicted molar refractivity (Wildman–Crippen MR) is 119 cm³/mol. The first-order chi connectivity index (χ1) is 15.6. The van der Waals surface area contributed by atoms with Gasteiger partial charge in [-0.25, -0.2) is 4.39 Å². The zero-order valence-corrected chi connectivity index (χ0v) is 21.6. The van der Waals surface area contributed by atoms with E-state index in [9.17, 15) is 29.6 Å². The van der Waals surface area contributed by atoms with E-state index in [1.54, 1.807) is 18.3 Å². The van der Waals surface area contributed by atoms with Gasteiger partial charge in [0.1, 0.15) is 0 Å². The van der Waals surface area contributed by atoms with Crippen LogP contribution in [0.5, 0.6) is 0 Å². The average Bonchev–Trinajstić information content (AvgIpc) is 2.73. The smallest absolute Gasteiger partial charge is 0.0405 e. The summed E-state index contributed by atoms with van der Waals surface area (Å²) < 4.78 is 72.0. The standard InChI is InChI=1S/C12H12N2.C11H7FN.F6P.Ir/c1-9-3-5-13-11(7-9)12-8-10(2)4-6-14-12;12-10-5-3-4-9(8-10)11-6-1-2-7-13-11;1-7(2,3,4,5)6;/h3-8H,1-2H3;1-7H;;/q;2*-1;. The summed E-state index contributed by atoms with van der Waals surface area (Å²) >= 11 is 0. The van der Waals surface area contributed by atoms with Gasteiger partial charge < -0.3 is 4.98 Å². The first-order valence-electron chi connectivity index (χ1n) is 9.58. The molecule has 0 unspecified atom stereocenters. The predicted octanol–water partition coefficient (Wildman–Crippen LogP) is 8.83. The Morgan fingerprint density at radius 3 is 1.51 bits per heavy atom. The van der Waals surface area contributed by atoms with Crippen LogP contribution in [0.4, 0.5) is 29.6 Å². The number of nitrogens with zero attached hydrogens (tertiary/aromatic N) is 3. The maximum Gasteiger partial charge on any atom is 0.0405 e. The van der Waals surface area contributed by atoms with Gasteiger partial charge in [0, 0.05) is 44.5 Å². The molecule has 12 heteroatoms. The van der Waals surface area contributed by atoms with Crippen LogP contribution in [0.15, 0.2) is 79.3 Å². The second-order valence-corrected chi connectivity index (χ2v) is 8.94. The molecular formula is C23H19F7IrN3P-2. The molecule has 0 aliphatic heterocycles. The minimum atomic E-state index is -10.7. The van der Waals surface area contributed by atoms with Crippen molar-refractivity contribution in [3.8, 4) is 22.6 Å². The molecule has 0 fully saturated rings. The van der Waals surface area contributed by atoms with Crippen molar-refractivity contribution in [1.82, 2.24) is 15.0 Å². The van der Waals surface area contributed by atoms with Gasteiger partial charge in [0.05, 0.1) is 11.4 Å². The zero-order chi connectivity index (χ0) is 25.5. The van der Waals surface area contributed by atoms with Gasteiger partial charge in [-0.15, -0.1) is 29.8 Å². The Hall–Kier alpha value is -2.74. The molecule has 0 N–H and O–H groups in total. The zero-order valence-electron chi connectivity index (χ0n) is 18.3. The summed E-state index contributed by atoms with van der Waals surface area (Å²) in [7, 11) is -10.7. The molecule has 4 rings (SSSR count). The van der Waals surface area contributed by atoms with E-state index in [0.717, 1.165) is 17.1 Å². The van der Waals surface area contributed by atoms with E-state index in [1.807, 2.05) is 54.9 Å². The largest absolute Gasteiger partial charge is 0.305 e.